The molecule has 1 fully saturated rings. The van der Waals surface area contributed by atoms with Crippen molar-refractivity contribution in [2.24, 2.45) is 0 Å². The minimum Gasteiger partial charge on any atom is -0.334 e. The van der Waals surface area contributed by atoms with E-state index in [0.29, 0.717) is 24.7 Å². The summed E-state index contributed by atoms with van der Waals surface area (Å²) in [6.07, 6.45) is 0. The second kappa shape index (κ2) is 10.2. The molecule has 4 nitrogen and oxygen atoms in total. The minimum atomic E-state index is -0.0302. The molecule has 1 N–H and O–H groups in total. The number of urea groups is 1. The number of halogens is 2. The van der Waals surface area contributed by atoms with Crippen molar-refractivity contribution >= 4 is 29.2 Å². The molecule has 0 bridgehead atoms. The molecule has 1 heterocycles. The standard InChI is InChI=1S/C25H25Cl2N3O/c26-22-10-6-19(7-11-22)18-28-25(31)30-16-14-29(15-17-30)24(20-4-2-1-3-5-20)21-8-12-23(27)13-9-21/h1-13,24H,14-18H2,(H,28,31). The van der Waals surface area contributed by atoms with Crippen LogP contribution in [0.15, 0.2) is 78.9 Å². The van der Waals surface area contributed by atoms with Gasteiger partial charge in [-0.3, -0.25) is 4.90 Å². The van der Waals surface area contributed by atoms with Crippen molar-refractivity contribution in [3.8, 4) is 0 Å². The number of nitrogens with zero attached hydrogens (tertiary/aromatic N) is 2. The van der Waals surface area contributed by atoms with Gasteiger partial charge in [-0.05, 0) is 41.0 Å². The van der Waals surface area contributed by atoms with Crippen LogP contribution in [0.2, 0.25) is 10.0 Å². The first-order valence-electron chi connectivity index (χ1n) is 10.4. The van der Waals surface area contributed by atoms with Crippen molar-refractivity contribution in [1.29, 1.82) is 0 Å². The van der Waals surface area contributed by atoms with Crippen LogP contribution in [0, 0.1) is 0 Å². The predicted molar refractivity (Wildman–Crippen MR) is 127 cm³/mol. The molecule has 1 atom stereocenters. The van der Waals surface area contributed by atoms with Gasteiger partial charge in [-0.25, -0.2) is 4.79 Å². The molecule has 160 valence electrons. The predicted octanol–water partition coefficient (Wildman–Crippen LogP) is 5.61. The molecule has 1 aliphatic heterocycles. The van der Waals surface area contributed by atoms with E-state index in [-0.39, 0.29) is 12.1 Å². The molecule has 1 unspecified atom stereocenters. The van der Waals surface area contributed by atoms with Crippen LogP contribution in [0.25, 0.3) is 0 Å². The maximum Gasteiger partial charge on any atom is 0.317 e. The number of carbonyl (C=O) groups excluding carboxylic acids is 1. The summed E-state index contributed by atoms with van der Waals surface area (Å²) in [5.74, 6) is 0. The molecule has 0 saturated carbocycles. The number of hydrogen-bond donors (Lipinski definition) is 1. The first kappa shape index (κ1) is 21.7. The zero-order valence-electron chi connectivity index (χ0n) is 17.2. The first-order chi connectivity index (χ1) is 15.1. The lowest BCUT2D eigenvalue weighted by Gasteiger charge is -2.39. The Hall–Kier alpha value is -2.53. The van der Waals surface area contributed by atoms with Crippen LogP contribution in [-0.4, -0.2) is 42.0 Å². The highest BCUT2D eigenvalue weighted by atomic mass is 35.5. The van der Waals surface area contributed by atoms with Gasteiger partial charge >= 0.3 is 6.03 Å². The quantitative estimate of drug-likeness (QED) is 0.544. The van der Waals surface area contributed by atoms with Crippen LogP contribution in [-0.2, 0) is 6.54 Å². The molecule has 2 amide bonds. The van der Waals surface area contributed by atoms with E-state index < -0.39 is 0 Å². The Bertz CT molecular complexity index is 986. The summed E-state index contributed by atoms with van der Waals surface area (Å²) in [6.45, 7) is 3.47. The van der Waals surface area contributed by atoms with Gasteiger partial charge in [0, 0.05) is 42.8 Å². The minimum absolute atomic E-state index is 0.0302. The number of rotatable bonds is 5. The molecule has 0 spiro atoms. The van der Waals surface area contributed by atoms with E-state index in [1.54, 1.807) is 0 Å². The lowest BCUT2D eigenvalue weighted by molar-refractivity contribution is 0.120. The monoisotopic (exact) mass is 453 g/mol. The van der Waals surface area contributed by atoms with Crippen molar-refractivity contribution in [2.75, 3.05) is 26.2 Å². The Labute approximate surface area is 193 Å². The molecule has 1 saturated heterocycles. The summed E-state index contributed by atoms with van der Waals surface area (Å²) >= 11 is 12.0. The molecular formula is C25H25Cl2N3O. The lowest BCUT2D eigenvalue weighted by atomic mass is 9.96. The number of amides is 2. The highest BCUT2D eigenvalue weighted by Gasteiger charge is 2.28. The van der Waals surface area contributed by atoms with E-state index >= 15 is 0 Å². The number of benzene rings is 3. The fourth-order valence-corrected chi connectivity index (χ4v) is 4.22. The zero-order valence-corrected chi connectivity index (χ0v) is 18.7. The van der Waals surface area contributed by atoms with Gasteiger partial charge in [-0.2, -0.15) is 0 Å². The second-order valence-corrected chi connectivity index (χ2v) is 8.55. The normalized spacial score (nSPS) is 15.5. The van der Waals surface area contributed by atoms with Gasteiger partial charge in [0.15, 0.2) is 0 Å². The lowest BCUT2D eigenvalue weighted by Crippen LogP contribution is -2.52. The van der Waals surface area contributed by atoms with Gasteiger partial charge in [-0.15, -0.1) is 0 Å². The van der Waals surface area contributed by atoms with E-state index in [1.165, 1.54) is 11.1 Å². The van der Waals surface area contributed by atoms with Crippen molar-refractivity contribution in [3.05, 3.63) is 106 Å². The van der Waals surface area contributed by atoms with Gasteiger partial charge in [0.05, 0.1) is 6.04 Å². The smallest absolute Gasteiger partial charge is 0.317 e. The average Bonchev–Trinajstić information content (AvgIpc) is 2.81. The number of piperazine rings is 1. The van der Waals surface area contributed by atoms with E-state index in [4.69, 9.17) is 23.2 Å². The Morgan fingerprint density at radius 1 is 0.774 bits per heavy atom. The zero-order chi connectivity index (χ0) is 21.6. The summed E-state index contributed by atoms with van der Waals surface area (Å²) in [7, 11) is 0. The maximum absolute atomic E-state index is 12.6. The molecule has 31 heavy (non-hydrogen) atoms. The van der Waals surface area contributed by atoms with Crippen LogP contribution in [0.3, 0.4) is 0 Å². The van der Waals surface area contributed by atoms with Crippen LogP contribution in [0.1, 0.15) is 22.7 Å². The van der Waals surface area contributed by atoms with Crippen molar-refractivity contribution in [1.82, 2.24) is 15.1 Å². The summed E-state index contributed by atoms with van der Waals surface area (Å²) in [6, 6.07) is 26.2. The molecule has 3 aromatic carbocycles. The van der Waals surface area contributed by atoms with E-state index in [1.807, 2.05) is 47.4 Å². The van der Waals surface area contributed by atoms with Crippen LogP contribution in [0.4, 0.5) is 4.79 Å². The van der Waals surface area contributed by atoms with Crippen molar-refractivity contribution < 1.29 is 4.79 Å². The summed E-state index contributed by atoms with van der Waals surface area (Å²) in [5, 5.41) is 4.44. The Morgan fingerprint density at radius 3 is 1.94 bits per heavy atom. The third-order valence-electron chi connectivity index (χ3n) is 5.62. The number of carbonyl (C=O) groups is 1. The SMILES string of the molecule is O=C(NCc1ccc(Cl)cc1)N1CCN(C(c2ccccc2)c2ccc(Cl)cc2)CC1. The summed E-state index contributed by atoms with van der Waals surface area (Å²) in [5.41, 5.74) is 3.48. The third-order valence-corrected chi connectivity index (χ3v) is 6.13. The Balaban J connectivity index is 1.40. The molecule has 1 aliphatic rings. The topological polar surface area (TPSA) is 35.6 Å². The molecule has 0 aromatic heterocycles. The van der Waals surface area contributed by atoms with Crippen molar-refractivity contribution in [3.63, 3.8) is 0 Å². The van der Waals surface area contributed by atoms with Crippen LogP contribution >= 0.6 is 23.2 Å². The molecule has 0 radical (unpaired) electrons. The fraction of sp³-hybridized carbons (Fsp3) is 0.240. The Kier molecular flexibility index (Phi) is 7.13. The molecule has 3 aromatic rings. The number of nitrogens with one attached hydrogen (secondary N) is 1. The van der Waals surface area contributed by atoms with Gasteiger partial charge in [-0.1, -0.05) is 77.8 Å². The first-order valence-corrected chi connectivity index (χ1v) is 11.2. The van der Waals surface area contributed by atoms with Gasteiger partial charge in [0.1, 0.15) is 0 Å². The molecule has 0 aliphatic carbocycles. The third kappa shape index (κ3) is 5.59. The van der Waals surface area contributed by atoms with Gasteiger partial charge < -0.3 is 10.2 Å². The molecular weight excluding hydrogens is 429 g/mol. The highest BCUT2D eigenvalue weighted by molar-refractivity contribution is 6.30. The van der Waals surface area contributed by atoms with E-state index in [0.717, 1.165) is 23.7 Å². The average molecular weight is 454 g/mol. The maximum atomic E-state index is 12.6. The molecule has 4 rings (SSSR count). The van der Waals surface area contributed by atoms with Gasteiger partial charge in [0.25, 0.3) is 0 Å². The Morgan fingerprint density at radius 2 is 1.32 bits per heavy atom. The fourth-order valence-electron chi connectivity index (χ4n) is 3.97. The van der Waals surface area contributed by atoms with Crippen LogP contribution in [0.5, 0.6) is 0 Å². The molecule has 6 heteroatoms. The second-order valence-electron chi connectivity index (χ2n) is 7.67. The largest absolute Gasteiger partial charge is 0.334 e. The highest BCUT2D eigenvalue weighted by Crippen LogP contribution is 2.30. The van der Waals surface area contributed by atoms with Crippen LogP contribution < -0.4 is 5.32 Å². The summed E-state index contributed by atoms with van der Waals surface area (Å²) in [4.78, 5) is 17.0. The van der Waals surface area contributed by atoms with E-state index in [2.05, 4.69) is 46.6 Å². The van der Waals surface area contributed by atoms with Crippen molar-refractivity contribution in [2.45, 2.75) is 12.6 Å². The van der Waals surface area contributed by atoms with Gasteiger partial charge in [0.2, 0.25) is 0 Å². The number of hydrogen-bond acceptors (Lipinski definition) is 2. The summed E-state index contributed by atoms with van der Waals surface area (Å²) < 4.78 is 0. The van der Waals surface area contributed by atoms with E-state index in [9.17, 15) is 4.79 Å².